The second-order valence-electron chi connectivity index (χ2n) is 7.07. The summed E-state index contributed by atoms with van der Waals surface area (Å²) >= 11 is 0. The molecule has 2 aromatic carbocycles. The van der Waals surface area contributed by atoms with E-state index in [-0.39, 0.29) is 0 Å². The Morgan fingerprint density at radius 2 is 1.50 bits per heavy atom. The molecule has 0 aliphatic heterocycles. The fraction of sp³-hybridized carbons (Fsp3) is 0.0870. The first kappa shape index (κ1) is 18.3. The van der Waals surface area contributed by atoms with Gasteiger partial charge in [-0.05, 0) is 31.2 Å². The van der Waals surface area contributed by atoms with Crippen molar-refractivity contribution in [2.75, 3.05) is 0 Å². The summed E-state index contributed by atoms with van der Waals surface area (Å²) < 4.78 is 40.5. The van der Waals surface area contributed by atoms with Crippen LogP contribution in [0.4, 0.5) is 13.2 Å². The van der Waals surface area contributed by atoms with Crippen molar-refractivity contribution >= 4 is 16.6 Å². The van der Waals surface area contributed by atoms with E-state index in [0.717, 1.165) is 34.2 Å². The monoisotopic (exact) mass is 404 g/mol. The van der Waals surface area contributed by atoms with E-state index in [4.69, 9.17) is 4.98 Å². The Morgan fingerprint density at radius 3 is 2.20 bits per heavy atom. The topological polar surface area (TPSA) is 43.1 Å². The molecule has 30 heavy (non-hydrogen) atoms. The number of alkyl halides is 3. The lowest BCUT2D eigenvalue weighted by Crippen LogP contribution is -2.04. The molecule has 3 aromatic heterocycles. The number of nitrogens with zero attached hydrogens (tertiary/aromatic N) is 4. The Labute approximate surface area is 169 Å². The highest BCUT2D eigenvalue weighted by Crippen LogP contribution is 2.33. The molecule has 7 heteroatoms. The molecule has 0 aliphatic rings. The molecule has 3 heterocycles. The minimum Gasteiger partial charge on any atom is -0.238 e. The van der Waals surface area contributed by atoms with Crippen molar-refractivity contribution in [1.29, 1.82) is 0 Å². The molecule has 0 spiro atoms. The second-order valence-corrected chi connectivity index (χ2v) is 7.07. The summed E-state index contributed by atoms with van der Waals surface area (Å²) in [4.78, 5) is 9.29. The molecule has 0 aliphatic carbocycles. The van der Waals surface area contributed by atoms with Crippen molar-refractivity contribution in [3.8, 4) is 22.6 Å². The van der Waals surface area contributed by atoms with Crippen LogP contribution in [0.25, 0.3) is 39.2 Å². The first-order valence-electron chi connectivity index (χ1n) is 9.30. The third-order valence-electron chi connectivity index (χ3n) is 4.98. The van der Waals surface area contributed by atoms with Crippen LogP contribution in [0.2, 0.25) is 0 Å². The number of halogens is 3. The van der Waals surface area contributed by atoms with Crippen LogP contribution >= 0.6 is 0 Å². The van der Waals surface area contributed by atoms with Gasteiger partial charge in [0.25, 0.3) is 0 Å². The van der Waals surface area contributed by atoms with Gasteiger partial charge in [-0.15, -0.1) is 5.10 Å². The maximum atomic E-state index is 12.9. The lowest BCUT2D eigenvalue weighted by molar-refractivity contribution is -0.137. The van der Waals surface area contributed by atoms with Crippen LogP contribution in [0.3, 0.4) is 0 Å². The molecule has 0 N–H and O–H groups in total. The van der Waals surface area contributed by atoms with E-state index >= 15 is 0 Å². The molecule has 0 unspecified atom stereocenters. The smallest absolute Gasteiger partial charge is 0.238 e. The average Bonchev–Trinajstić information content (AvgIpc) is 3.12. The predicted octanol–water partition coefficient (Wildman–Crippen LogP) is 5.94. The van der Waals surface area contributed by atoms with Gasteiger partial charge in [-0.25, -0.2) is 14.5 Å². The van der Waals surface area contributed by atoms with Gasteiger partial charge in [0, 0.05) is 17.3 Å². The molecule has 0 atom stereocenters. The minimum absolute atomic E-state index is 0.329. The molecule has 0 saturated carbocycles. The van der Waals surface area contributed by atoms with E-state index in [2.05, 4.69) is 10.1 Å². The SMILES string of the molecule is Cc1ccc(-c2nc(-c3ccc(C(F)(F)F)cc3)nc3nn4ccccc4c23)cc1. The summed E-state index contributed by atoms with van der Waals surface area (Å²) in [7, 11) is 0. The summed E-state index contributed by atoms with van der Waals surface area (Å²) in [6.07, 6.45) is -2.56. The van der Waals surface area contributed by atoms with Crippen molar-refractivity contribution < 1.29 is 13.2 Å². The van der Waals surface area contributed by atoms with Gasteiger partial charge >= 0.3 is 6.18 Å². The Kier molecular flexibility index (Phi) is 4.06. The number of pyridine rings is 1. The number of aromatic nitrogens is 4. The number of fused-ring (bicyclic) bond motifs is 3. The number of rotatable bonds is 2. The van der Waals surface area contributed by atoms with E-state index in [1.165, 1.54) is 12.1 Å². The molecule has 0 fully saturated rings. The molecule has 4 nitrogen and oxygen atoms in total. The lowest BCUT2D eigenvalue weighted by atomic mass is 10.1. The second kappa shape index (κ2) is 6.66. The van der Waals surface area contributed by atoms with Crippen LogP contribution in [0.15, 0.2) is 72.9 Å². The van der Waals surface area contributed by atoms with Crippen LogP contribution < -0.4 is 0 Å². The van der Waals surface area contributed by atoms with Gasteiger partial charge in [-0.2, -0.15) is 13.2 Å². The van der Waals surface area contributed by atoms with Crippen LogP contribution in [-0.4, -0.2) is 19.6 Å². The summed E-state index contributed by atoms with van der Waals surface area (Å²) in [5, 5.41) is 5.35. The van der Waals surface area contributed by atoms with Crippen molar-refractivity contribution in [2.45, 2.75) is 13.1 Å². The molecule has 0 radical (unpaired) electrons. The van der Waals surface area contributed by atoms with Crippen LogP contribution in [-0.2, 0) is 6.18 Å². The van der Waals surface area contributed by atoms with Crippen molar-refractivity contribution in [1.82, 2.24) is 19.6 Å². The van der Waals surface area contributed by atoms with Gasteiger partial charge in [0.05, 0.1) is 22.2 Å². The highest BCUT2D eigenvalue weighted by Gasteiger charge is 2.30. The number of aryl methyl sites for hydroxylation is 1. The summed E-state index contributed by atoms with van der Waals surface area (Å²) in [5.74, 6) is 0.329. The largest absolute Gasteiger partial charge is 0.416 e. The molecular formula is C23H15F3N4. The third-order valence-corrected chi connectivity index (χ3v) is 4.98. The molecule has 5 aromatic rings. The van der Waals surface area contributed by atoms with E-state index in [0.29, 0.717) is 22.7 Å². The van der Waals surface area contributed by atoms with Crippen molar-refractivity contribution in [2.24, 2.45) is 0 Å². The zero-order valence-corrected chi connectivity index (χ0v) is 15.9. The Balaban J connectivity index is 1.76. The van der Waals surface area contributed by atoms with Crippen LogP contribution in [0.5, 0.6) is 0 Å². The molecule has 148 valence electrons. The van der Waals surface area contributed by atoms with E-state index in [1.54, 1.807) is 4.52 Å². The van der Waals surface area contributed by atoms with E-state index in [9.17, 15) is 13.2 Å². The lowest BCUT2D eigenvalue weighted by Gasteiger charge is -2.09. The molecular weight excluding hydrogens is 389 g/mol. The van der Waals surface area contributed by atoms with Gasteiger partial charge in [0.2, 0.25) is 0 Å². The van der Waals surface area contributed by atoms with Crippen molar-refractivity contribution in [3.63, 3.8) is 0 Å². The maximum absolute atomic E-state index is 12.9. The Hall–Kier alpha value is -3.74. The number of benzene rings is 2. The average molecular weight is 404 g/mol. The van der Waals surface area contributed by atoms with Gasteiger partial charge in [-0.1, -0.05) is 48.0 Å². The first-order valence-corrected chi connectivity index (χ1v) is 9.30. The molecule has 5 rings (SSSR count). The Morgan fingerprint density at radius 1 is 0.800 bits per heavy atom. The zero-order chi connectivity index (χ0) is 20.9. The standard InChI is InChI=1S/C23H15F3N4/c1-14-5-7-15(8-6-14)20-19-18-4-2-3-13-30(18)29-22(19)28-21(27-20)16-9-11-17(12-10-16)23(24,25)26/h2-13H,1H3. The van der Waals surface area contributed by atoms with E-state index in [1.807, 2.05) is 55.6 Å². The molecule has 0 amide bonds. The van der Waals surface area contributed by atoms with Gasteiger partial charge in [0.15, 0.2) is 11.5 Å². The predicted molar refractivity (Wildman–Crippen MR) is 109 cm³/mol. The Bertz CT molecular complexity index is 1370. The number of hydrogen-bond donors (Lipinski definition) is 0. The van der Waals surface area contributed by atoms with Crippen LogP contribution in [0.1, 0.15) is 11.1 Å². The minimum atomic E-state index is -4.39. The summed E-state index contributed by atoms with van der Waals surface area (Å²) in [5.41, 5.74) is 3.83. The summed E-state index contributed by atoms with van der Waals surface area (Å²) in [6.45, 7) is 2.00. The van der Waals surface area contributed by atoms with Gasteiger partial charge in [0.1, 0.15) is 0 Å². The third kappa shape index (κ3) is 3.08. The zero-order valence-electron chi connectivity index (χ0n) is 15.9. The van der Waals surface area contributed by atoms with Gasteiger partial charge < -0.3 is 0 Å². The van der Waals surface area contributed by atoms with Crippen LogP contribution in [0, 0.1) is 6.92 Å². The maximum Gasteiger partial charge on any atom is 0.416 e. The number of hydrogen-bond acceptors (Lipinski definition) is 3. The highest BCUT2D eigenvalue weighted by atomic mass is 19.4. The summed E-state index contributed by atoms with van der Waals surface area (Å²) in [6, 6.07) is 18.5. The highest BCUT2D eigenvalue weighted by molar-refractivity contribution is 6.02. The van der Waals surface area contributed by atoms with Gasteiger partial charge in [-0.3, -0.25) is 0 Å². The normalized spacial score (nSPS) is 12.0. The quantitative estimate of drug-likeness (QED) is 0.366. The molecule has 0 bridgehead atoms. The molecule has 0 saturated heterocycles. The van der Waals surface area contributed by atoms with E-state index < -0.39 is 11.7 Å². The fourth-order valence-electron chi connectivity index (χ4n) is 3.44. The van der Waals surface area contributed by atoms with Crippen molar-refractivity contribution in [3.05, 3.63) is 84.1 Å². The fourth-order valence-corrected chi connectivity index (χ4v) is 3.44. The first-order chi connectivity index (χ1) is 14.4.